The summed E-state index contributed by atoms with van der Waals surface area (Å²) in [6, 6.07) is 11.2. The highest BCUT2D eigenvalue weighted by Crippen LogP contribution is 2.37. The van der Waals surface area contributed by atoms with Gasteiger partial charge in [0.15, 0.2) is 0 Å². The SMILES string of the molecule is NOCCCCCC=C(C1CCCCC1)C(Cc1ccccc1)n1ccnc1. The predicted molar refractivity (Wildman–Crippen MR) is 115 cm³/mol. The Kier molecular flexibility index (Phi) is 8.79. The molecule has 0 aliphatic heterocycles. The lowest BCUT2D eigenvalue weighted by atomic mass is 9.79. The maximum Gasteiger partial charge on any atom is 0.0951 e. The molecule has 0 saturated heterocycles. The zero-order valence-electron chi connectivity index (χ0n) is 17.0. The zero-order chi connectivity index (χ0) is 19.4. The largest absolute Gasteiger partial charge is 0.330 e. The molecule has 1 saturated carbocycles. The molecule has 0 spiro atoms. The van der Waals surface area contributed by atoms with E-state index in [1.165, 1.54) is 50.5 Å². The van der Waals surface area contributed by atoms with Crippen molar-refractivity contribution in [3.05, 3.63) is 66.3 Å². The molecule has 0 radical (unpaired) electrons. The fraction of sp³-hybridized carbons (Fsp3) is 0.542. The fourth-order valence-electron chi connectivity index (χ4n) is 4.47. The second-order valence-electron chi connectivity index (χ2n) is 7.97. The molecule has 152 valence electrons. The number of allylic oxidation sites excluding steroid dienone is 2. The summed E-state index contributed by atoms with van der Waals surface area (Å²) in [5.74, 6) is 5.84. The number of imidazole rings is 1. The van der Waals surface area contributed by atoms with Gasteiger partial charge in [-0.1, -0.05) is 62.1 Å². The van der Waals surface area contributed by atoms with Crippen LogP contribution in [0.15, 0.2) is 60.7 Å². The number of aromatic nitrogens is 2. The maximum absolute atomic E-state index is 5.14. The lowest BCUT2D eigenvalue weighted by molar-refractivity contribution is 0.133. The van der Waals surface area contributed by atoms with E-state index < -0.39 is 0 Å². The van der Waals surface area contributed by atoms with E-state index >= 15 is 0 Å². The van der Waals surface area contributed by atoms with Gasteiger partial charge in [-0.05, 0) is 55.6 Å². The maximum atomic E-state index is 5.14. The Morgan fingerprint density at radius 3 is 2.68 bits per heavy atom. The Bertz CT molecular complexity index is 675. The quantitative estimate of drug-likeness (QED) is 0.312. The van der Waals surface area contributed by atoms with Crippen LogP contribution in [0.3, 0.4) is 0 Å². The second kappa shape index (κ2) is 11.8. The van der Waals surface area contributed by atoms with Crippen LogP contribution in [0.5, 0.6) is 0 Å². The molecule has 1 unspecified atom stereocenters. The minimum absolute atomic E-state index is 0.361. The molecule has 2 aromatic rings. The van der Waals surface area contributed by atoms with Crippen LogP contribution in [-0.4, -0.2) is 16.2 Å². The number of nitrogens with zero attached hydrogens (tertiary/aromatic N) is 2. The molecule has 4 nitrogen and oxygen atoms in total. The summed E-state index contributed by atoms with van der Waals surface area (Å²) in [4.78, 5) is 9.04. The van der Waals surface area contributed by atoms with Gasteiger partial charge in [0.25, 0.3) is 0 Å². The van der Waals surface area contributed by atoms with E-state index in [0.717, 1.165) is 19.3 Å². The van der Waals surface area contributed by atoms with E-state index in [0.29, 0.717) is 18.6 Å². The van der Waals surface area contributed by atoms with Crippen molar-refractivity contribution >= 4 is 0 Å². The molecule has 1 aromatic carbocycles. The molecule has 1 aromatic heterocycles. The van der Waals surface area contributed by atoms with E-state index in [1.54, 1.807) is 5.57 Å². The predicted octanol–water partition coefficient (Wildman–Crippen LogP) is 5.62. The van der Waals surface area contributed by atoms with Crippen LogP contribution >= 0.6 is 0 Å². The number of benzene rings is 1. The number of rotatable bonds is 11. The first-order chi connectivity index (χ1) is 13.9. The zero-order valence-corrected chi connectivity index (χ0v) is 17.0. The van der Waals surface area contributed by atoms with Gasteiger partial charge in [0.2, 0.25) is 0 Å². The van der Waals surface area contributed by atoms with Gasteiger partial charge in [-0.2, -0.15) is 0 Å². The Balaban J connectivity index is 1.78. The monoisotopic (exact) mass is 381 g/mol. The van der Waals surface area contributed by atoms with Crippen molar-refractivity contribution in [2.75, 3.05) is 6.61 Å². The molecule has 1 aliphatic carbocycles. The van der Waals surface area contributed by atoms with E-state index in [4.69, 9.17) is 10.7 Å². The van der Waals surface area contributed by atoms with Crippen molar-refractivity contribution in [3.63, 3.8) is 0 Å². The van der Waals surface area contributed by atoms with Gasteiger partial charge in [-0.3, -0.25) is 0 Å². The van der Waals surface area contributed by atoms with Crippen LogP contribution in [0.2, 0.25) is 0 Å². The third kappa shape index (κ3) is 6.32. The van der Waals surface area contributed by atoms with Crippen molar-refractivity contribution in [2.24, 2.45) is 11.8 Å². The first kappa shape index (κ1) is 20.8. The number of nitrogens with two attached hydrogens (primary N) is 1. The van der Waals surface area contributed by atoms with Crippen LogP contribution in [0, 0.1) is 5.92 Å². The average molecular weight is 382 g/mol. The Hall–Kier alpha value is -1.91. The molecule has 28 heavy (non-hydrogen) atoms. The molecule has 3 rings (SSSR count). The first-order valence-electron chi connectivity index (χ1n) is 10.9. The van der Waals surface area contributed by atoms with Crippen LogP contribution in [0.25, 0.3) is 0 Å². The summed E-state index contributed by atoms with van der Waals surface area (Å²) in [5, 5.41) is 0. The van der Waals surface area contributed by atoms with Crippen LogP contribution in [-0.2, 0) is 11.3 Å². The molecule has 4 heteroatoms. The molecule has 0 bridgehead atoms. The molecule has 1 fully saturated rings. The summed E-state index contributed by atoms with van der Waals surface area (Å²) in [6.07, 6.45) is 20.9. The molecule has 1 heterocycles. The van der Waals surface area contributed by atoms with Gasteiger partial charge in [0.1, 0.15) is 0 Å². The van der Waals surface area contributed by atoms with E-state index in [1.807, 2.05) is 12.5 Å². The lowest BCUT2D eigenvalue weighted by Gasteiger charge is -2.31. The van der Waals surface area contributed by atoms with Crippen LogP contribution < -0.4 is 5.90 Å². The van der Waals surface area contributed by atoms with Gasteiger partial charge in [0.05, 0.1) is 19.0 Å². The Morgan fingerprint density at radius 2 is 1.96 bits per heavy atom. The number of hydrogen-bond acceptors (Lipinski definition) is 3. The summed E-state index contributed by atoms with van der Waals surface area (Å²) >= 11 is 0. The third-order valence-corrected chi connectivity index (χ3v) is 5.96. The highest BCUT2D eigenvalue weighted by atomic mass is 16.6. The van der Waals surface area contributed by atoms with E-state index in [9.17, 15) is 0 Å². The van der Waals surface area contributed by atoms with Crippen LogP contribution in [0.1, 0.15) is 69.4 Å². The standard InChI is InChI=1S/C24H35N3O/c25-28-18-10-2-1-9-15-23(22-13-7-4-8-14-22)24(27-17-16-26-20-27)19-21-11-5-3-6-12-21/h3,5-6,11-12,15-17,20,22,24H,1-2,4,7-10,13-14,18-19,25H2. The highest BCUT2D eigenvalue weighted by molar-refractivity contribution is 5.22. The Morgan fingerprint density at radius 1 is 1.14 bits per heavy atom. The molecule has 2 N–H and O–H groups in total. The smallest absolute Gasteiger partial charge is 0.0951 e. The summed E-state index contributed by atoms with van der Waals surface area (Å²) < 4.78 is 2.32. The molecular formula is C24H35N3O. The van der Waals surface area contributed by atoms with E-state index in [2.05, 4.69) is 52.2 Å². The average Bonchev–Trinajstić information content (AvgIpc) is 3.28. The van der Waals surface area contributed by atoms with Gasteiger partial charge in [-0.25, -0.2) is 10.9 Å². The van der Waals surface area contributed by atoms with Crippen molar-refractivity contribution in [2.45, 2.75) is 70.3 Å². The van der Waals surface area contributed by atoms with Gasteiger partial charge in [-0.15, -0.1) is 0 Å². The normalized spacial score (nSPS) is 17.0. The van der Waals surface area contributed by atoms with Gasteiger partial charge < -0.3 is 9.40 Å². The third-order valence-electron chi connectivity index (χ3n) is 5.96. The van der Waals surface area contributed by atoms with Gasteiger partial charge >= 0.3 is 0 Å². The second-order valence-corrected chi connectivity index (χ2v) is 7.97. The van der Waals surface area contributed by atoms with E-state index in [-0.39, 0.29) is 0 Å². The molecule has 1 aliphatic rings. The lowest BCUT2D eigenvalue weighted by Crippen LogP contribution is -2.21. The van der Waals surface area contributed by atoms with Crippen molar-refractivity contribution in [3.8, 4) is 0 Å². The first-order valence-corrected chi connectivity index (χ1v) is 10.9. The minimum Gasteiger partial charge on any atom is -0.330 e. The topological polar surface area (TPSA) is 53.1 Å². The molecule has 0 amide bonds. The van der Waals surface area contributed by atoms with Crippen LogP contribution in [0.4, 0.5) is 0 Å². The minimum atomic E-state index is 0.361. The summed E-state index contributed by atoms with van der Waals surface area (Å²) in [5.41, 5.74) is 3.01. The highest BCUT2D eigenvalue weighted by Gasteiger charge is 2.25. The fourth-order valence-corrected chi connectivity index (χ4v) is 4.47. The Labute approximate surface area is 169 Å². The molecule has 1 atom stereocenters. The number of unbranched alkanes of at least 4 members (excludes halogenated alkanes) is 3. The van der Waals surface area contributed by atoms with Gasteiger partial charge in [0, 0.05) is 12.4 Å². The summed E-state index contributed by atoms with van der Waals surface area (Å²) in [6.45, 7) is 0.658. The van der Waals surface area contributed by atoms with Crippen molar-refractivity contribution in [1.29, 1.82) is 0 Å². The summed E-state index contributed by atoms with van der Waals surface area (Å²) in [7, 11) is 0. The van der Waals surface area contributed by atoms with Crippen molar-refractivity contribution < 1.29 is 4.84 Å². The molecular weight excluding hydrogens is 346 g/mol. The van der Waals surface area contributed by atoms with Crippen molar-refractivity contribution in [1.82, 2.24) is 9.55 Å². The number of hydrogen-bond donors (Lipinski definition) is 1.